The van der Waals surface area contributed by atoms with Crippen LogP contribution in [-0.4, -0.2) is 58.9 Å². The van der Waals surface area contributed by atoms with Crippen LogP contribution in [0.4, 0.5) is 16.2 Å². The Morgan fingerprint density at radius 3 is 2.64 bits per heavy atom. The average molecular weight is 305 g/mol. The molecule has 0 saturated carbocycles. The summed E-state index contributed by atoms with van der Waals surface area (Å²) in [7, 11) is 0. The lowest BCUT2D eigenvalue weighted by Crippen LogP contribution is -2.33. The van der Waals surface area contributed by atoms with E-state index in [2.05, 4.69) is 5.32 Å². The van der Waals surface area contributed by atoms with Crippen LogP contribution >= 0.6 is 0 Å². The molecule has 22 heavy (non-hydrogen) atoms. The number of amides is 3. The summed E-state index contributed by atoms with van der Waals surface area (Å²) in [5, 5.41) is 21.0. The molecule has 0 radical (unpaired) electrons. The molecule has 2 unspecified atom stereocenters. The number of benzene rings is 1. The molecule has 7 nitrogen and oxygen atoms in total. The molecule has 2 atom stereocenters. The van der Waals surface area contributed by atoms with E-state index in [-0.39, 0.29) is 31.1 Å². The molecule has 118 valence electrons. The smallest absolute Gasteiger partial charge is 0.332 e. The van der Waals surface area contributed by atoms with Gasteiger partial charge >= 0.3 is 6.03 Å². The first kappa shape index (κ1) is 14.8. The van der Waals surface area contributed by atoms with Crippen LogP contribution in [0.2, 0.25) is 0 Å². The largest absolute Gasteiger partial charge is 0.394 e. The number of urea groups is 1. The Morgan fingerprint density at radius 1 is 1.27 bits per heavy atom. The molecule has 7 heteroatoms. The van der Waals surface area contributed by atoms with E-state index in [4.69, 9.17) is 5.11 Å². The maximum atomic E-state index is 12.3. The van der Waals surface area contributed by atoms with E-state index in [9.17, 15) is 14.7 Å². The second kappa shape index (κ2) is 5.94. The lowest BCUT2D eigenvalue weighted by Gasteiger charge is -2.16. The van der Waals surface area contributed by atoms with Gasteiger partial charge in [-0.25, -0.2) is 9.69 Å². The Bertz CT molecular complexity index is 553. The van der Waals surface area contributed by atoms with Crippen molar-refractivity contribution >= 4 is 23.3 Å². The van der Waals surface area contributed by atoms with E-state index in [1.807, 2.05) is 0 Å². The third-order valence-electron chi connectivity index (χ3n) is 4.07. The maximum Gasteiger partial charge on any atom is 0.332 e. The SMILES string of the molecule is O=C1C2CCCN2C(=O)N1c1ccc(NCC(O)CO)cc1. The quantitative estimate of drug-likeness (QED) is 0.684. The lowest BCUT2D eigenvalue weighted by atomic mass is 10.2. The van der Waals surface area contributed by atoms with Crippen LogP contribution in [0.25, 0.3) is 0 Å². The summed E-state index contributed by atoms with van der Waals surface area (Å²) >= 11 is 0. The summed E-state index contributed by atoms with van der Waals surface area (Å²) in [6, 6.07) is 6.33. The number of aliphatic hydroxyl groups excluding tert-OH is 2. The van der Waals surface area contributed by atoms with E-state index >= 15 is 0 Å². The van der Waals surface area contributed by atoms with Gasteiger partial charge in [-0.2, -0.15) is 0 Å². The summed E-state index contributed by atoms with van der Waals surface area (Å²) in [5.74, 6) is -0.154. The number of fused-ring (bicyclic) bond motifs is 1. The fourth-order valence-electron chi connectivity index (χ4n) is 2.89. The monoisotopic (exact) mass is 305 g/mol. The van der Waals surface area contributed by atoms with Crippen LogP contribution in [0, 0.1) is 0 Å². The molecular weight excluding hydrogens is 286 g/mol. The Kier molecular flexibility index (Phi) is 4.00. The second-order valence-electron chi connectivity index (χ2n) is 5.57. The van der Waals surface area contributed by atoms with E-state index < -0.39 is 6.10 Å². The highest BCUT2D eigenvalue weighted by molar-refractivity contribution is 6.21. The van der Waals surface area contributed by atoms with E-state index in [1.165, 1.54) is 4.90 Å². The summed E-state index contributed by atoms with van der Waals surface area (Å²) in [6.45, 7) is 0.566. The topological polar surface area (TPSA) is 93.1 Å². The molecule has 0 bridgehead atoms. The number of aliphatic hydroxyl groups is 2. The molecule has 1 aromatic carbocycles. The molecule has 2 heterocycles. The molecule has 3 N–H and O–H groups in total. The number of rotatable bonds is 5. The molecule has 0 aliphatic carbocycles. The fourth-order valence-corrected chi connectivity index (χ4v) is 2.89. The molecule has 0 spiro atoms. The first-order valence-electron chi connectivity index (χ1n) is 7.39. The molecule has 1 aromatic rings. The van der Waals surface area contributed by atoms with Crippen molar-refractivity contribution in [2.75, 3.05) is 29.9 Å². The highest BCUT2D eigenvalue weighted by Gasteiger charge is 2.47. The molecule has 3 amide bonds. The normalized spacial score (nSPS) is 22.2. The number of hydrogen-bond acceptors (Lipinski definition) is 5. The zero-order valence-corrected chi connectivity index (χ0v) is 12.1. The van der Waals surface area contributed by atoms with Crippen molar-refractivity contribution in [2.45, 2.75) is 25.0 Å². The standard InChI is InChI=1S/C15H19N3O4/c19-9-12(20)8-16-10-3-5-11(6-4-10)18-14(21)13-2-1-7-17(13)15(18)22/h3-6,12-13,16,19-20H,1-2,7-9H2. The van der Waals surface area contributed by atoms with Crippen LogP contribution in [0.3, 0.4) is 0 Å². The zero-order chi connectivity index (χ0) is 15.7. The van der Waals surface area contributed by atoms with E-state index in [0.717, 1.165) is 18.5 Å². The minimum absolute atomic E-state index is 0.154. The van der Waals surface area contributed by atoms with Crippen LogP contribution in [0.5, 0.6) is 0 Å². The van der Waals surface area contributed by atoms with Crippen molar-refractivity contribution in [1.29, 1.82) is 0 Å². The number of nitrogens with zero attached hydrogens (tertiary/aromatic N) is 2. The molecule has 0 aromatic heterocycles. The fraction of sp³-hybridized carbons (Fsp3) is 0.467. The Morgan fingerprint density at radius 2 is 2.00 bits per heavy atom. The van der Waals surface area contributed by atoms with Crippen LogP contribution < -0.4 is 10.2 Å². The van der Waals surface area contributed by atoms with Crippen molar-refractivity contribution in [1.82, 2.24) is 4.90 Å². The van der Waals surface area contributed by atoms with Gasteiger partial charge in [-0.3, -0.25) is 4.79 Å². The number of anilines is 2. The van der Waals surface area contributed by atoms with Gasteiger partial charge in [0.1, 0.15) is 6.04 Å². The van der Waals surface area contributed by atoms with Gasteiger partial charge in [-0.1, -0.05) is 0 Å². The Hall–Kier alpha value is -2.12. The summed E-state index contributed by atoms with van der Waals surface area (Å²) in [4.78, 5) is 27.5. The number of imide groups is 1. The predicted molar refractivity (Wildman–Crippen MR) is 80.6 cm³/mol. The molecule has 2 aliphatic heterocycles. The van der Waals surface area contributed by atoms with Gasteiger partial charge in [0.05, 0.1) is 18.4 Å². The molecule has 2 saturated heterocycles. The molecular formula is C15H19N3O4. The van der Waals surface area contributed by atoms with Crippen LogP contribution in [-0.2, 0) is 4.79 Å². The number of carbonyl (C=O) groups excluding carboxylic acids is 2. The van der Waals surface area contributed by atoms with Crippen molar-refractivity contribution < 1.29 is 19.8 Å². The summed E-state index contributed by atoms with van der Waals surface area (Å²) < 4.78 is 0. The number of hydrogen-bond donors (Lipinski definition) is 3. The lowest BCUT2D eigenvalue weighted by molar-refractivity contribution is -0.119. The first-order valence-corrected chi connectivity index (χ1v) is 7.39. The van der Waals surface area contributed by atoms with Crippen molar-refractivity contribution in [3.05, 3.63) is 24.3 Å². The summed E-state index contributed by atoms with van der Waals surface area (Å²) in [5.41, 5.74) is 1.30. The van der Waals surface area contributed by atoms with Crippen LogP contribution in [0.1, 0.15) is 12.8 Å². The highest BCUT2D eigenvalue weighted by atomic mass is 16.3. The van der Waals surface area contributed by atoms with Gasteiger partial charge in [0, 0.05) is 18.8 Å². The second-order valence-corrected chi connectivity index (χ2v) is 5.57. The van der Waals surface area contributed by atoms with Crippen molar-refractivity contribution in [2.24, 2.45) is 0 Å². The average Bonchev–Trinajstić information content (AvgIpc) is 3.10. The third kappa shape index (κ3) is 2.53. The minimum atomic E-state index is -0.825. The molecule has 2 fully saturated rings. The highest BCUT2D eigenvalue weighted by Crippen LogP contribution is 2.31. The Balaban J connectivity index is 1.70. The van der Waals surface area contributed by atoms with E-state index in [0.29, 0.717) is 12.2 Å². The molecule has 3 rings (SSSR count). The number of nitrogens with one attached hydrogen (secondary N) is 1. The van der Waals surface area contributed by atoms with Crippen molar-refractivity contribution in [3.8, 4) is 0 Å². The summed E-state index contributed by atoms with van der Waals surface area (Å²) in [6.07, 6.45) is 0.791. The van der Waals surface area contributed by atoms with Crippen LogP contribution in [0.15, 0.2) is 24.3 Å². The van der Waals surface area contributed by atoms with Gasteiger partial charge in [0.15, 0.2) is 0 Å². The third-order valence-corrected chi connectivity index (χ3v) is 4.07. The zero-order valence-electron chi connectivity index (χ0n) is 12.1. The number of carbonyl (C=O) groups is 2. The predicted octanol–water partition coefficient (Wildman–Crippen LogP) is 0.383. The van der Waals surface area contributed by atoms with E-state index in [1.54, 1.807) is 29.2 Å². The van der Waals surface area contributed by atoms with Gasteiger partial charge in [-0.15, -0.1) is 0 Å². The minimum Gasteiger partial charge on any atom is -0.394 e. The Labute approximate surface area is 128 Å². The van der Waals surface area contributed by atoms with Gasteiger partial charge in [0.25, 0.3) is 5.91 Å². The van der Waals surface area contributed by atoms with Gasteiger partial charge < -0.3 is 20.4 Å². The maximum absolute atomic E-state index is 12.3. The molecule has 2 aliphatic rings. The van der Waals surface area contributed by atoms with Gasteiger partial charge in [-0.05, 0) is 37.1 Å². The van der Waals surface area contributed by atoms with Gasteiger partial charge in [0.2, 0.25) is 0 Å². The van der Waals surface area contributed by atoms with Crippen molar-refractivity contribution in [3.63, 3.8) is 0 Å². The first-order chi connectivity index (χ1) is 10.6.